The van der Waals surface area contributed by atoms with E-state index in [9.17, 15) is 4.79 Å². The molecule has 1 aliphatic heterocycles. The van der Waals surface area contributed by atoms with Crippen LogP contribution in [-0.2, 0) is 4.74 Å². The van der Waals surface area contributed by atoms with Gasteiger partial charge in [0.25, 0.3) is 5.91 Å². The standard InChI is InChI=1S/C23H23N3O4/c1-16-8-9-19(20(14-16)28-2)30-22-18(23(27)26-10-12-29-13-11-26)15-24-21(25-22)17-6-4-3-5-7-17/h3-9,14-15H,10-13H2,1-2H3. The second kappa shape index (κ2) is 8.92. The molecule has 0 radical (unpaired) electrons. The molecule has 0 spiro atoms. The van der Waals surface area contributed by atoms with E-state index in [1.54, 1.807) is 12.0 Å². The van der Waals surface area contributed by atoms with Crippen molar-refractivity contribution in [3.8, 4) is 28.8 Å². The molecule has 4 rings (SSSR count). The molecule has 0 unspecified atom stereocenters. The first-order valence-electron chi connectivity index (χ1n) is 9.77. The van der Waals surface area contributed by atoms with Crippen LogP contribution < -0.4 is 9.47 Å². The molecule has 7 heteroatoms. The molecule has 1 fully saturated rings. The number of carbonyl (C=O) groups excluding carboxylic acids is 1. The van der Waals surface area contributed by atoms with Crippen LogP contribution in [0.15, 0.2) is 54.7 Å². The van der Waals surface area contributed by atoms with Gasteiger partial charge in [0.15, 0.2) is 17.3 Å². The van der Waals surface area contributed by atoms with Crippen LogP contribution in [0.3, 0.4) is 0 Å². The number of aromatic nitrogens is 2. The number of aryl methyl sites for hydroxylation is 1. The van der Waals surface area contributed by atoms with E-state index in [-0.39, 0.29) is 11.8 Å². The number of carbonyl (C=O) groups is 1. The predicted octanol–water partition coefficient (Wildman–Crippen LogP) is 3.73. The van der Waals surface area contributed by atoms with Gasteiger partial charge in [-0.3, -0.25) is 4.79 Å². The van der Waals surface area contributed by atoms with Crippen LogP contribution >= 0.6 is 0 Å². The lowest BCUT2D eigenvalue weighted by atomic mass is 10.2. The number of methoxy groups -OCH3 is 1. The van der Waals surface area contributed by atoms with Gasteiger partial charge in [0.1, 0.15) is 5.56 Å². The summed E-state index contributed by atoms with van der Waals surface area (Å²) in [5.74, 6) is 1.55. The number of rotatable bonds is 5. The van der Waals surface area contributed by atoms with E-state index in [1.165, 1.54) is 6.20 Å². The third kappa shape index (κ3) is 4.26. The maximum absolute atomic E-state index is 13.1. The molecule has 0 atom stereocenters. The Balaban J connectivity index is 1.75. The van der Waals surface area contributed by atoms with Crippen molar-refractivity contribution in [3.63, 3.8) is 0 Å². The monoisotopic (exact) mass is 405 g/mol. The second-order valence-electron chi connectivity index (χ2n) is 6.94. The van der Waals surface area contributed by atoms with Crippen molar-refractivity contribution in [2.24, 2.45) is 0 Å². The second-order valence-corrected chi connectivity index (χ2v) is 6.94. The fraction of sp³-hybridized carbons (Fsp3) is 0.261. The van der Waals surface area contributed by atoms with Crippen LogP contribution in [0.1, 0.15) is 15.9 Å². The van der Waals surface area contributed by atoms with Crippen molar-refractivity contribution < 1.29 is 19.0 Å². The predicted molar refractivity (Wildman–Crippen MR) is 112 cm³/mol. The number of ether oxygens (including phenoxy) is 3. The molecule has 154 valence electrons. The third-order valence-electron chi connectivity index (χ3n) is 4.84. The van der Waals surface area contributed by atoms with Gasteiger partial charge in [-0.2, -0.15) is 4.98 Å². The minimum Gasteiger partial charge on any atom is -0.493 e. The SMILES string of the molecule is COc1cc(C)ccc1Oc1nc(-c2ccccc2)ncc1C(=O)N1CCOCC1. The first-order chi connectivity index (χ1) is 14.7. The van der Waals surface area contributed by atoms with Crippen molar-refractivity contribution in [2.75, 3.05) is 33.4 Å². The number of hydrogen-bond donors (Lipinski definition) is 0. The molecule has 0 aliphatic carbocycles. The quantitative estimate of drug-likeness (QED) is 0.644. The summed E-state index contributed by atoms with van der Waals surface area (Å²) in [6.45, 7) is 4.03. The zero-order valence-electron chi connectivity index (χ0n) is 17.0. The summed E-state index contributed by atoms with van der Waals surface area (Å²) < 4.78 is 16.9. The zero-order chi connectivity index (χ0) is 20.9. The molecular formula is C23H23N3O4. The topological polar surface area (TPSA) is 73.8 Å². The third-order valence-corrected chi connectivity index (χ3v) is 4.84. The van der Waals surface area contributed by atoms with Crippen LogP contribution in [0.5, 0.6) is 17.4 Å². The Morgan fingerprint density at radius 1 is 1.07 bits per heavy atom. The number of hydrogen-bond acceptors (Lipinski definition) is 6. The van der Waals surface area contributed by atoms with Crippen molar-refractivity contribution in [2.45, 2.75) is 6.92 Å². The molecule has 1 aromatic heterocycles. The van der Waals surface area contributed by atoms with E-state index in [1.807, 2.05) is 55.5 Å². The van der Waals surface area contributed by atoms with Crippen molar-refractivity contribution in [1.82, 2.24) is 14.9 Å². The molecule has 30 heavy (non-hydrogen) atoms. The van der Waals surface area contributed by atoms with Gasteiger partial charge in [-0.15, -0.1) is 0 Å². The van der Waals surface area contributed by atoms with Crippen LogP contribution in [-0.4, -0.2) is 54.2 Å². The minimum absolute atomic E-state index is 0.181. The molecule has 3 aromatic rings. The van der Waals surface area contributed by atoms with E-state index in [0.29, 0.717) is 49.2 Å². The van der Waals surface area contributed by atoms with E-state index >= 15 is 0 Å². The fourth-order valence-electron chi connectivity index (χ4n) is 3.22. The number of morpholine rings is 1. The largest absolute Gasteiger partial charge is 0.493 e. The summed E-state index contributed by atoms with van der Waals surface area (Å²) in [5, 5.41) is 0. The lowest BCUT2D eigenvalue weighted by Gasteiger charge is -2.27. The van der Waals surface area contributed by atoms with Gasteiger partial charge < -0.3 is 19.1 Å². The highest BCUT2D eigenvalue weighted by molar-refractivity contribution is 5.96. The molecule has 0 N–H and O–H groups in total. The number of benzene rings is 2. The Hall–Kier alpha value is -3.45. The first kappa shape index (κ1) is 19.8. The highest BCUT2D eigenvalue weighted by atomic mass is 16.5. The lowest BCUT2D eigenvalue weighted by Crippen LogP contribution is -2.40. The summed E-state index contributed by atoms with van der Waals surface area (Å²) in [6.07, 6.45) is 1.53. The van der Waals surface area contributed by atoms with Gasteiger partial charge in [-0.05, 0) is 24.6 Å². The van der Waals surface area contributed by atoms with Crippen LogP contribution in [0, 0.1) is 6.92 Å². The number of nitrogens with zero attached hydrogens (tertiary/aromatic N) is 3. The lowest BCUT2D eigenvalue weighted by molar-refractivity contribution is 0.0300. The van der Waals surface area contributed by atoms with Gasteiger partial charge in [-0.1, -0.05) is 36.4 Å². The average molecular weight is 405 g/mol. The normalized spacial score (nSPS) is 13.7. The molecule has 2 aromatic carbocycles. The Bertz CT molecular complexity index is 1030. The summed E-state index contributed by atoms with van der Waals surface area (Å²) in [4.78, 5) is 23.9. The maximum Gasteiger partial charge on any atom is 0.261 e. The number of amides is 1. The molecule has 1 aliphatic rings. The zero-order valence-corrected chi connectivity index (χ0v) is 17.0. The van der Waals surface area contributed by atoms with E-state index < -0.39 is 0 Å². The van der Waals surface area contributed by atoms with Gasteiger partial charge in [0, 0.05) is 24.8 Å². The molecule has 1 amide bonds. The van der Waals surface area contributed by atoms with E-state index in [4.69, 9.17) is 14.2 Å². The summed E-state index contributed by atoms with van der Waals surface area (Å²) >= 11 is 0. The highest BCUT2D eigenvalue weighted by Gasteiger charge is 2.25. The van der Waals surface area contributed by atoms with Gasteiger partial charge >= 0.3 is 0 Å². The van der Waals surface area contributed by atoms with Gasteiger partial charge in [-0.25, -0.2) is 4.98 Å². The Labute approximate surface area is 175 Å². The van der Waals surface area contributed by atoms with Crippen LogP contribution in [0.4, 0.5) is 0 Å². The average Bonchev–Trinajstić information content (AvgIpc) is 2.81. The summed E-state index contributed by atoms with van der Waals surface area (Å²) in [7, 11) is 1.58. The smallest absolute Gasteiger partial charge is 0.261 e. The Morgan fingerprint density at radius 2 is 1.83 bits per heavy atom. The maximum atomic E-state index is 13.1. The fourth-order valence-corrected chi connectivity index (χ4v) is 3.22. The summed E-state index contributed by atoms with van der Waals surface area (Å²) in [5.41, 5.74) is 2.18. The van der Waals surface area contributed by atoms with Crippen molar-refractivity contribution in [1.29, 1.82) is 0 Å². The molecule has 0 bridgehead atoms. The van der Waals surface area contributed by atoms with Crippen LogP contribution in [0.2, 0.25) is 0 Å². The first-order valence-corrected chi connectivity index (χ1v) is 9.77. The van der Waals surface area contributed by atoms with Gasteiger partial charge in [0.05, 0.1) is 20.3 Å². The summed E-state index contributed by atoms with van der Waals surface area (Å²) in [6, 6.07) is 15.2. The molecule has 7 nitrogen and oxygen atoms in total. The van der Waals surface area contributed by atoms with E-state index in [2.05, 4.69) is 9.97 Å². The minimum atomic E-state index is -0.181. The van der Waals surface area contributed by atoms with E-state index in [0.717, 1.165) is 11.1 Å². The van der Waals surface area contributed by atoms with Crippen molar-refractivity contribution >= 4 is 5.91 Å². The Kier molecular flexibility index (Phi) is 5.90. The molecule has 1 saturated heterocycles. The molecule has 0 saturated carbocycles. The van der Waals surface area contributed by atoms with Crippen LogP contribution in [0.25, 0.3) is 11.4 Å². The Morgan fingerprint density at radius 3 is 2.57 bits per heavy atom. The van der Waals surface area contributed by atoms with Crippen molar-refractivity contribution in [3.05, 3.63) is 65.9 Å². The molecule has 2 heterocycles. The molecular weight excluding hydrogens is 382 g/mol. The van der Waals surface area contributed by atoms with Gasteiger partial charge in [0.2, 0.25) is 5.88 Å². The highest BCUT2D eigenvalue weighted by Crippen LogP contribution is 2.34.